The molecule has 3 atom stereocenters. The summed E-state index contributed by atoms with van der Waals surface area (Å²) in [7, 11) is 1.34. The van der Waals surface area contributed by atoms with Crippen molar-refractivity contribution >= 4 is 28.9 Å². The van der Waals surface area contributed by atoms with Crippen LogP contribution in [0.4, 0.5) is 16.0 Å². The van der Waals surface area contributed by atoms with Crippen molar-refractivity contribution in [1.29, 1.82) is 0 Å². The van der Waals surface area contributed by atoms with Crippen LogP contribution in [0.1, 0.15) is 36.8 Å². The molecular weight excluding hydrogens is 447 g/mol. The van der Waals surface area contributed by atoms with Crippen LogP contribution in [0.2, 0.25) is 0 Å². The Morgan fingerprint density at radius 2 is 2.09 bits per heavy atom. The maximum atomic E-state index is 13.6. The number of nitrogens with zero attached hydrogens (tertiary/aromatic N) is 3. The Morgan fingerprint density at radius 1 is 1.30 bits per heavy atom. The zero-order valence-electron chi connectivity index (χ0n) is 18.5. The Balaban J connectivity index is 1.57. The van der Waals surface area contributed by atoms with Crippen molar-refractivity contribution in [3.63, 3.8) is 0 Å². The first-order valence-corrected chi connectivity index (χ1v) is 11.4. The number of hydrogen-bond acceptors (Lipinski definition) is 8. The smallest absolute Gasteiger partial charge is 0.306 e. The molecule has 4 rings (SSSR count). The number of ether oxygens (including phenoxy) is 1. The third-order valence-electron chi connectivity index (χ3n) is 5.96. The van der Waals surface area contributed by atoms with Crippen molar-refractivity contribution in [2.24, 2.45) is 11.8 Å². The number of methoxy groups -OCH3 is 1. The van der Waals surface area contributed by atoms with E-state index >= 15 is 0 Å². The summed E-state index contributed by atoms with van der Waals surface area (Å²) >= 11 is 1.40. The predicted molar refractivity (Wildman–Crippen MR) is 122 cm³/mol. The number of halogens is 1. The second-order valence-corrected chi connectivity index (χ2v) is 9.52. The van der Waals surface area contributed by atoms with Crippen LogP contribution in [0.5, 0.6) is 5.88 Å². The summed E-state index contributed by atoms with van der Waals surface area (Å²) in [5.74, 6) is -1.99. The highest BCUT2D eigenvalue weighted by Crippen LogP contribution is 2.45. The van der Waals surface area contributed by atoms with Crippen LogP contribution in [0.3, 0.4) is 0 Å². The van der Waals surface area contributed by atoms with E-state index in [2.05, 4.69) is 20.3 Å². The van der Waals surface area contributed by atoms with Crippen LogP contribution in [0, 0.1) is 24.6 Å². The van der Waals surface area contributed by atoms with E-state index < -0.39 is 23.3 Å². The lowest BCUT2D eigenvalue weighted by molar-refractivity contribution is -0.148. The van der Waals surface area contributed by atoms with Gasteiger partial charge in [0.15, 0.2) is 0 Å². The summed E-state index contributed by atoms with van der Waals surface area (Å²) in [6, 6.07) is 5.81. The van der Waals surface area contributed by atoms with E-state index in [4.69, 9.17) is 4.74 Å². The molecule has 2 heterocycles. The molecule has 3 N–H and O–H groups in total. The number of aliphatic carboxylic acids is 1. The summed E-state index contributed by atoms with van der Waals surface area (Å²) in [6.07, 6.45) is 3.91. The first-order valence-electron chi connectivity index (χ1n) is 10.6. The zero-order chi connectivity index (χ0) is 23.8. The fourth-order valence-electron chi connectivity index (χ4n) is 4.32. The minimum Gasteiger partial charge on any atom is -0.481 e. The second-order valence-electron chi connectivity index (χ2n) is 8.49. The molecule has 2 aromatic heterocycles. The highest BCUT2D eigenvalue weighted by atomic mass is 32.1. The van der Waals surface area contributed by atoms with E-state index in [9.17, 15) is 19.4 Å². The van der Waals surface area contributed by atoms with Crippen LogP contribution in [-0.4, -0.2) is 38.2 Å². The largest absolute Gasteiger partial charge is 0.481 e. The first kappa shape index (κ1) is 23.1. The number of aliphatic hydroxyl groups is 1. The van der Waals surface area contributed by atoms with Gasteiger partial charge in [-0.05, 0) is 55.4 Å². The van der Waals surface area contributed by atoms with Gasteiger partial charge in [0.2, 0.25) is 11.8 Å². The molecule has 1 fully saturated rings. The highest BCUT2D eigenvalue weighted by Gasteiger charge is 2.43. The Hall–Kier alpha value is -3.11. The summed E-state index contributed by atoms with van der Waals surface area (Å²) in [5, 5.41) is 24.3. The SMILES string of the molecule is COc1nc(Nc2cc(C)cc(-c3cnc(C4(O)CCC(C(=O)O)C(C)C4)s3)c2)ncc1F. The molecule has 0 saturated heterocycles. The molecule has 1 aliphatic carbocycles. The van der Waals surface area contributed by atoms with Gasteiger partial charge in [0.1, 0.15) is 10.6 Å². The van der Waals surface area contributed by atoms with Gasteiger partial charge in [0, 0.05) is 11.9 Å². The zero-order valence-corrected chi connectivity index (χ0v) is 19.3. The minimum atomic E-state index is -1.13. The maximum absolute atomic E-state index is 13.6. The van der Waals surface area contributed by atoms with Gasteiger partial charge in [0.25, 0.3) is 5.88 Å². The fourth-order valence-corrected chi connectivity index (χ4v) is 5.35. The van der Waals surface area contributed by atoms with Gasteiger partial charge in [0.05, 0.1) is 24.1 Å². The van der Waals surface area contributed by atoms with E-state index in [-0.39, 0.29) is 17.7 Å². The van der Waals surface area contributed by atoms with E-state index in [1.54, 1.807) is 6.20 Å². The number of benzene rings is 1. The molecule has 174 valence electrons. The number of aromatic nitrogens is 3. The standard InChI is InChI=1S/C23H25FN4O4S/c1-12-6-14(8-15(7-12)27-22-26-10-17(24)19(28-22)32-3)18-11-25-21(33-18)23(31)5-4-16(20(29)30)13(2)9-23/h6-8,10-11,13,16,31H,4-5,9H2,1-3H3,(H,29,30)(H,26,27,28). The average molecular weight is 473 g/mol. The number of carboxylic acids is 1. The molecule has 3 unspecified atom stereocenters. The maximum Gasteiger partial charge on any atom is 0.306 e. The number of carbonyl (C=O) groups is 1. The minimum absolute atomic E-state index is 0.143. The van der Waals surface area contributed by atoms with Gasteiger partial charge < -0.3 is 20.3 Å². The predicted octanol–water partition coefficient (Wildman–Crippen LogP) is 4.51. The molecule has 0 bridgehead atoms. The van der Waals surface area contributed by atoms with Crippen LogP contribution in [0.15, 0.2) is 30.6 Å². The molecule has 0 spiro atoms. The molecule has 33 heavy (non-hydrogen) atoms. The number of aryl methyl sites for hydroxylation is 1. The van der Waals surface area contributed by atoms with E-state index in [1.165, 1.54) is 18.4 Å². The lowest BCUT2D eigenvalue weighted by Gasteiger charge is -2.37. The van der Waals surface area contributed by atoms with Crippen molar-refractivity contribution in [3.05, 3.63) is 47.0 Å². The number of nitrogens with one attached hydrogen (secondary N) is 1. The van der Waals surface area contributed by atoms with Crippen LogP contribution in [0.25, 0.3) is 10.4 Å². The van der Waals surface area contributed by atoms with Crippen LogP contribution in [-0.2, 0) is 10.4 Å². The quantitative estimate of drug-likeness (QED) is 0.480. The summed E-state index contributed by atoms with van der Waals surface area (Å²) in [6.45, 7) is 3.81. The number of thiazole rings is 1. The summed E-state index contributed by atoms with van der Waals surface area (Å²) in [4.78, 5) is 24.7. The molecule has 8 nitrogen and oxygen atoms in total. The molecule has 0 amide bonds. The van der Waals surface area contributed by atoms with Crippen molar-refractivity contribution in [3.8, 4) is 16.3 Å². The lowest BCUT2D eigenvalue weighted by Crippen LogP contribution is -2.38. The van der Waals surface area contributed by atoms with E-state index in [0.29, 0.717) is 30.0 Å². The monoisotopic (exact) mass is 472 g/mol. The fraction of sp³-hybridized carbons (Fsp3) is 0.391. The van der Waals surface area contributed by atoms with E-state index in [0.717, 1.165) is 22.2 Å². The number of carboxylic acid groups (broad SMARTS) is 1. The molecule has 10 heteroatoms. The second kappa shape index (κ2) is 9.03. The number of rotatable bonds is 6. The van der Waals surface area contributed by atoms with Crippen molar-refractivity contribution in [2.75, 3.05) is 12.4 Å². The third kappa shape index (κ3) is 4.81. The number of hydrogen-bond donors (Lipinski definition) is 3. The third-order valence-corrected chi connectivity index (χ3v) is 7.20. The molecule has 1 aromatic carbocycles. The number of anilines is 2. The van der Waals surface area contributed by atoms with Crippen molar-refractivity contribution < 1.29 is 24.1 Å². The molecule has 0 aliphatic heterocycles. The summed E-state index contributed by atoms with van der Waals surface area (Å²) in [5.41, 5.74) is 1.46. The first-order chi connectivity index (χ1) is 15.7. The molecule has 1 aliphatic rings. The Bertz CT molecular complexity index is 1190. The van der Waals surface area contributed by atoms with Gasteiger partial charge in [-0.2, -0.15) is 9.37 Å². The molecule has 1 saturated carbocycles. The van der Waals surface area contributed by atoms with Crippen molar-refractivity contribution in [2.45, 2.75) is 38.7 Å². The Morgan fingerprint density at radius 3 is 2.79 bits per heavy atom. The van der Waals surface area contributed by atoms with Gasteiger partial charge in [-0.15, -0.1) is 11.3 Å². The highest BCUT2D eigenvalue weighted by molar-refractivity contribution is 7.15. The van der Waals surface area contributed by atoms with Crippen LogP contribution >= 0.6 is 11.3 Å². The Kier molecular flexibility index (Phi) is 6.31. The van der Waals surface area contributed by atoms with Gasteiger partial charge in [-0.25, -0.2) is 9.97 Å². The molecule has 3 aromatic rings. The molecule has 0 radical (unpaired) electrons. The van der Waals surface area contributed by atoms with Gasteiger partial charge in [-0.1, -0.05) is 13.0 Å². The molecular formula is C23H25FN4O4S. The average Bonchev–Trinajstić information content (AvgIpc) is 3.26. The van der Waals surface area contributed by atoms with Gasteiger partial charge in [-0.3, -0.25) is 4.79 Å². The van der Waals surface area contributed by atoms with Crippen molar-refractivity contribution in [1.82, 2.24) is 15.0 Å². The van der Waals surface area contributed by atoms with Crippen LogP contribution < -0.4 is 10.1 Å². The van der Waals surface area contributed by atoms with Gasteiger partial charge >= 0.3 is 5.97 Å². The topological polar surface area (TPSA) is 117 Å². The van der Waals surface area contributed by atoms with E-state index in [1.807, 2.05) is 32.0 Å². The Labute approximate surface area is 194 Å². The lowest BCUT2D eigenvalue weighted by atomic mass is 9.72. The summed E-state index contributed by atoms with van der Waals surface area (Å²) < 4.78 is 18.5. The normalized spacial score (nSPS) is 22.7.